The Morgan fingerprint density at radius 2 is 1.73 bits per heavy atom. The van der Waals surface area contributed by atoms with E-state index in [4.69, 9.17) is 0 Å². The maximum Gasteiger partial charge on any atom is 0.255 e. The lowest BCUT2D eigenvalue weighted by molar-refractivity contribution is -0.107. The SMILES string of the molecule is CN(C(=O)c1ccc(-c2ccncc2)cc1)C1(NCCC=O)CCCC1. The van der Waals surface area contributed by atoms with Crippen molar-refractivity contribution in [3.05, 3.63) is 54.4 Å². The third kappa shape index (κ3) is 3.83. The Bertz CT molecular complexity index is 738. The Labute approximate surface area is 154 Å². The zero-order valence-corrected chi connectivity index (χ0v) is 15.1. The lowest BCUT2D eigenvalue weighted by atomic mass is 10.0. The minimum atomic E-state index is -0.343. The molecule has 0 radical (unpaired) electrons. The highest BCUT2D eigenvalue weighted by molar-refractivity contribution is 5.95. The highest BCUT2D eigenvalue weighted by Crippen LogP contribution is 2.33. The van der Waals surface area contributed by atoms with Gasteiger partial charge in [0.1, 0.15) is 6.29 Å². The molecule has 1 fully saturated rings. The van der Waals surface area contributed by atoms with Gasteiger partial charge in [0.05, 0.1) is 5.66 Å². The van der Waals surface area contributed by atoms with Crippen molar-refractivity contribution in [3.8, 4) is 11.1 Å². The second-order valence-corrected chi connectivity index (χ2v) is 6.80. The summed E-state index contributed by atoms with van der Waals surface area (Å²) in [6.45, 7) is 0.599. The van der Waals surface area contributed by atoms with E-state index < -0.39 is 0 Å². The van der Waals surface area contributed by atoms with Crippen molar-refractivity contribution in [1.82, 2.24) is 15.2 Å². The average molecular weight is 351 g/mol. The summed E-state index contributed by atoms with van der Waals surface area (Å²) in [6.07, 6.45) is 8.92. The Balaban J connectivity index is 1.75. The van der Waals surface area contributed by atoms with Gasteiger partial charge in [-0.2, -0.15) is 0 Å². The molecule has 1 aliphatic rings. The number of hydrogen-bond acceptors (Lipinski definition) is 4. The molecule has 1 aromatic carbocycles. The fourth-order valence-corrected chi connectivity index (χ4v) is 3.69. The first-order chi connectivity index (χ1) is 12.7. The smallest absolute Gasteiger partial charge is 0.255 e. The van der Waals surface area contributed by atoms with Crippen molar-refractivity contribution >= 4 is 12.2 Å². The minimum absolute atomic E-state index is 0.00628. The topological polar surface area (TPSA) is 62.3 Å². The Kier molecular flexibility index (Phi) is 5.78. The van der Waals surface area contributed by atoms with Gasteiger partial charge < -0.3 is 9.69 Å². The van der Waals surface area contributed by atoms with Gasteiger partial charge in [-0.05, 0) is 61.1 Å². The van der Waals surface area contributed by atoms with E-state index in [0.29, 0.717) is 18.5 Å². The Morgan fingerprint density at radius 1 is 1.12 bits per heavy atom. The summed E-state index contributed by atoms with van der Waals surface area (Å²) in [4.78, 5) is 29.5. The van der Waals surface area contributed by atoms with Crippen LogP contribution in [0, 0.1) is 0 Å². The van der Waals surface area contributed by atoms with E-state index in [2.05, 4.69) is 10.3 Å². The first kappa shape index (κ1) is 18.3. The molecular weight excluding hydrogens is 326 g/mol. The lowest BCUT2D eigenvalue weighted by Gasteiger charge is -2.40. The number of carbonyl (C=O) groups is 2. The number of aromatic nitrogens is 1. The van der Waals surface area contributed by atoms with Gasteiger partial charge in [0.25, 0.3) is 5.91 Å². The van der Waals surface area contributed by atoms with E-state index in [1.54, 1.807) is 12.4 Å². The summed E-state index contributed by atoms with van der Waals surface area (Å²) >= 11 is 0. The quantitative estimate of drug-likeness (QED) is 0.472. The lowest BCUT2D eigenvalue weighted by Crippen LogP contribution is -2.57. The largest absolute Gasteiger partial charge is 0.323 e. The maximum absolute atomic E-state index is 13.0. The third-order valence-electron chi connectivity index (χ3n) is 5.24. The van der Waals surface area contributed by atoms with Gasteiger partial charge in [0.15, 0.2) is 0 Å². The highest BCUT2D eigenvalue weighted by atomic mass is 16.2. The third-order valence-corrected chi connectivity index (χ3v) is 5.24. The van der Waals surface area contributed by atoms with Crippen molar-refractivity contribution in [2.45, 2.75) is 37.8 Å². The molecule has 2 aromatic rings. The second-order valence-electron chi connectivity index (χ2n) is 6.80. The van der Waals surface area contributed by atoms with Gasteiger partial charge in [-0.1, -0.05) is 12.1 Å². The van der Waals surface area contributed by atoms with Crippen molar-refractivity contribution in [2.75, 3.05) is 13.6 Å². The van der Waals surface area contributed by atoms with Crippen LogP contribution in [0.4, 0.5) is 0 Å². The van der Waals surface area contributed by atoms with E-state index in [1.165, 1.54) is 0 Å². The van der Waals surface area contributed by atoms with Gasteiger partial charge in [-0.15, -0.1) is 0 Å². The predicted octanol–water partition coefficient (Wildman–Crippen LogP) is 3.27. The molecule has 0 atom stereocenters. The van der Waals surface area contributed by atoms with Crippen LogP contribution in [-0.2, 0) is 4.79 Å². The molecule has 0 saturated heterocycles. The molecule has 1 aliphatic carbocycles. The number of pyridine rings is 1. The number of rotatable bonds is 7. The summed E-state index contributed by atoms with van der Waals surface area (Å²) in [5.41, 5.74) is 2.47. The van der Waals surface area contributed by atoms with Crippen LogP contribution in [-0.4, -0.2) is 41.3 Å². The van der Waals surface area contributed by atoms with E-state index in [9.17, 15) is 9.59 Å². The molecule has 0 unspecified atom stereocenters. The number of carbonyl (C=O) groups excluding carboxylic acids is 2. The first-order valence-electron chi connectivity index (χ1n) is 9.13. The van der Waals surface area contributed by atoms with E-state index in [0.717, 1.165) is 43.1 Å². The second kappa shape index (κ2) is 8.23. The molecule has 3 rings (SSSR count). The van der Waals surface area contributed by atoms with Gasteiger partial charge in [-0.25, -0.2) is 0 Å². The number of hydrogen-bond donors (Lipinski definition) is 1. The maximum atomic E-state index is 13.0. The number of nitrogens with zero attached hydrogens (tertiary/aromatic N) is 2. The average Bonchev–Trinajstić information content (AvgIpc) is 3.18. The van der Waals surface area contributed by atoms with Crippen LogP contribution in [0.3, 0.4) is 0 Å². The summed E-state index contributed by atoms with van der Waals surface area (Å²) in [5.74, 6) is 0.00628. The number of aldehydes is 1. The highest BCUT2D eigenvalue weighted by Gasteiger charge is 2.39. The molecule has 0 bridgehead atoms. The van der Waals surface area contributed by atoms with Crippen LogP contribution in [0.25, 0.3) is 11.1 Å². The molecule has 136 valence electrons. The van der Waals surface area contributed by atoms with Crippen molar-refractivity contribution in [2.24, 2.45) is 0 Å². The zero-order valence-electron chi connectivity index (χ0n) is 15.1. The summed E-state index contributed by atoms with van der Waals surface area (Å²) in [7, 11) is 1.86. The summed E-state index contributed by atoms with van der Waals surface area (Å²) in [6, 6.07) is 11.6. The van der Waals surface area contributed by atoms with Gasteiger partial charge in [-0.3, -0.25) is 15.1 Å². The normalized spacial score (nSPS) is 15.6. The van der Waals surface area contributed by atoms with Crippen LogP contribution in [0.15, 0.2) is 48.8 Å². The number of benzene rings is 1. The van der Waals surface area contributed by atoms with Crippen LogP contribution in [0.2, 0.25) is 0 Å². The molecule has 0 spiro atoms. The van der Waals surface area contributed by atoms with Crippen molar-refractivity contribution in [3.63, 3.8) is 0 Å². The first-order valence-corrected chi connectivity index (χ1v) is 9.13. The molecule has 1 N–H and O–H groups in total. The van der Waals surface area contributed by atoms with Gasteiger partial charge >= 0.3 is 0 Å². The fraction of sp³-hybridized carbons (Fsp3) is 0.381. The fourth-order valence-electron chi connectivity index (χ4n) is 3.69. The predicted molar refractivity (Wildman–Crippen MR) is 102 cm³/mol. The van der Waals surface area contributed by atoms with E-state index >= 15 is 0 Å². The number of amides is 1. The Hall–Kier alpha value is -2.53. The summed E-state index contributed by atoms with van der Waals surface area (Å²) < 4.78 is 0. The van der Waals surface area contributed by atoms with Crippen LogP contribution in [0.1, 0.15) is 42.5 Å². The molecule has 1 amide bonds. The van der Waals surface area contributed by atoms with Crippen LogP contribution < -0.4 is 5.32 Å². The summed E-state index contributed by atoms with van der Waals surface area (Å²) in [5, 5.41) is 3.45. The van der Waals surface area contributed by atoms with Crippen molar-refractivity contribution in [1.29, 1.82) is 0 Å². The van der Waals surface area contributed by atoms with Gasteiger partial charge in [0, 0.05) is 38.0 Å². The molecule has 1 heterocycles. The Morgan fingerprint density at radius 3 is 2.35 bits per heavy atom. The van der Waals surface area contributed by atoms with E-state index in [-0.39, 0.29) is 11.6 Å². The monoisotopic (exact) mass is 351 g/mol. The van der Waals surface area contributed by atoms with Crippen molar-refractivity contribution < 1.29 is 9.59 Å². The molecular formula is C21H25N3O2. The molecule has 1 aromatic heterocycles. The van der Waals surface area contributed by atoms with Crippen LogP contribution in [0.5, 0.6) is 0 Å². The van der Waals surface area contributed by atoms with Gasteiger partial charge in [0.2, 0.25) is 0 Å². The van der Waals surface area contributed by atoms with Crippen LogP contribution >= 0.6 is 0 Å². The zero-order chi connectivity index (χ0) is 18.4. The minimum Gasteiger partial charge on any atom is -0.323 e. The molecule has 0 aliphatic heterocycles. The molecule has 5 nitrogen and oxygen atoms in total. The molecule has 1 saturated carbocycles. The standard InChI is InChI=1S/C21H25N3O2/c1-24(21(11-2-3-12-21)23-13-4-16-25)20(26)19-7-5-17(6-8-19)18-9-14-22-15-10-18/h5-10,14-16,23H,2-4,11-13H2,1H3. The molecule has 5 heteroatoms. The number of nitrogens with one attached hydrogen (secondary N) is 1. The molecule has 26 heavy (non-hydrogen) atoms. The van der Waals surface area contributed by atoms with E-state index in [1.807, 2.05) is 48.3 Å².